The molecular formula is C27H27F3N6O. The number of alkyl halides is 3. The maximum Gasteiger partial charge on any atom is 0.416 e. The van der Waals surface area contributed by atoms with E-state index < -0.39 is 17.8 Å². The molecule has 1 aliphatic rings. The average molecular weight is 509 g/mol. The van der Waals surface area contributed by atoms with E-state index in [1.54, 1.807) is 48.1 Å². The van der Waals surface area contributed by atoms with Crippen LogP contribution >= 0.6 is 0 Å². The number of rotatable bonds is 6. The monoisotopic (exact) mass is 508 g/mol. The predicted molar refractivity (Wildman–Crippen MR) is 134 cm³/mol. The molecule has 192 valence electrons. The molecule has 1 amide bonds. The van der Waals surface area contributed by atoms with Crippen molar-refractivity contribution in [2.24, 2.45) is 7.05 Å². The first-order valence-corrected chi connectivity index (χ1v) is 11.6. The molecule has 1 aliphatic heterocycles. The zero-order valence-corrected chi connectivity index (χ0v) is 21.0. The van der Waals surface area contributed by atoms with E-state index in [1.165, 1.54) is 6.07 Å². The lowest BCUT2D eigenvalue weighted by Gasteiger charge is -2.36. The quantitative estimate of drug-likeness (QED) is 0.517. The molecule has 1 aromatic heterocycles. The van der Waals surface area contributed by atoms with Gasteiger partial charge in [-0.05, 0) is 55.6 Å². The number of aromatic nitrogens is 2. The van der Waals surface area contributed by atoms with Gasteiger partial charge < -0.3 is 10.2 Å². The number of nitrogens with one attached hydrogen (secondary N) is 1. The summed E-state index contributed by atoms with van der Waals surface area (Å²) in [6.07, 6.45) is -0.517. The van der Waals surface area contributed by atoms with Crippen LogP contribution in [-0.4, -0.2) is 53.2 Å². The Balaban J connectivity index is 1.89. The van der Waals surface area contributed by atoms with Crippen LogP contribution in [0, 0.1) is 11.3 Å². The third kappa shape index (κ3) is 5.37. The topological polar surface area (TPSA) is 77.2 Å². The van der Waals surface area contributed by atoms with Crippen LogP contribution in [0.4, 0.5) is 18.9 Å². The molecule has 0 bridgehead atoms. The van der Waals surface area contributed by atoms with Gasteiger partial charge in [0.1, 0.15) is 0 Å². The minimum absolute atomic E-state index is 0.221. The van der Waals surface area contributed by atoms with Gasteiger partial charge in [-0.15, -0.1) is 0 Å². The van der Waals surface area contributed by atoms with Crippen LogP contribution in [0.25, 0.3) is 11.1 Å². The first-order valence-electron chi connectivity index (χ1n) is 11.6. The Morgan fingerprint density at radius 2 is 1.92 bits per heavy atom. The van der Waals surface area contributed by atoms with E-state index in [0.717, 1.165) is 28.8 Å². The summed E-state index contributed by atoms with van der Waals surface area (Å²) in [6, 6.07) is 11.8. The van der Waals surface area contributed by atoms with Gasteiger partial charge in [0.15, 0.2) is 0 Å². The number of amides is 1. The van der Waals surface area contributed by atoms with E-state index in [4.69, 9.17) is 0 Å². The van der Waals surface area contributed by atoms with Gasteiger partial charge in [0.2, 0.25) is 0 Å². The maximum atomic E-state index is 13.6. The molecule has 1 unspecified atom stereocenters. The first-order chi connectivity index (χ1) is 17.5. The summed E-state index contributed by atoms with van der Waals surface area (Å²) < 4.78 is 41.6. The van der Waals surface area contributed by atoms with Crippen LogP contribution in [0.3, 0.4) is 0 Å². The Morgan fingerprint density at radius 1 is 1.16 bits per heavy atom. The summed E-state index contributed by atoms with van der Waals surface area (Å²) >= 11 is 0. The van der Waals surface area contributed by atoms with E-state index in [9.17, 15) is 23.2 Å². The summed E-state index contributed by atoms with van der Waals surface area (Å²) in [6.45, 7) is 0.423. The Morgan fingerprint density at radius 3 is 2.54 bits per heavy atom. The van der Waals surface area contributed by atoms with Gasteiger partial charge in [-0.25, -0.2) is 0 Å². The summed E-state index contributed by atoms with van der Waals surface area (Å²) in [5, 5.41) is 16.9. The fraction of sp³-hybridized carbons (Fsp3) is 0.296. The summed E-state index contributed by atoms with van der Waals surface area (Å²) in [5.74, 6) is -0.221. The Hall–Kier alpha value is -4.10. The predicted octanol–water partition coefficient (Wildman–Crippen LogP) is 4.81. The van der Waals surface area contributed by atoms with E-state index in [2.05, 4.69) is 16.5 Å². The van der Waals surface area contributed by atoms with Crippen LogP contribution in [0.15, 0.2) is 66.1 Å². The normalized spacial score (nSPS) is 15.2. The second kappa shape index (κ2) is 10.1. The molecule has 10 heteroatoms. The van der Waals surface area contributed by atoms with Gasteiger partial charge in [0, 0.05) is 50.2 Å². The highest BCUT2D eigenvalue weighted by molar-refractivity contribution is 5.97. The molecule has 0 radical (unpaired) electrons. The SMILES string of the molecule is CN1CCC(Nc2cccc(C(F)(F)F)c2)=C(C(c2ccc(C#N)cc2-c2cnn(C)c2)N(C)C)C1=O. The van der Waals surface area contributed by atoms with Crippen LogP contribution in [-0.2, 0) is 18.0 Å². The van der Waals surface area contributed by atoms with Crippen molar-refractivity contribution in [1.29, 1.82) is 5.26 Å². The number of likely N-dealkylation sites (N-methyl/N-ethyl adjacent to an activating group) is 2. The number of hydrogen-bond donors (Lipinski definition) is 1. The van der Waals surface area contributed by atoms with Crippen molar-refractivity contribution in [1.82, 2.24) is 19.6 Å². The van der Waals surface area contributed by atoms with Crippen molar-refractivity contribution in [2.75, 3.05) is 33.0 Å². The highest BCUT2D eigenvalue weighted by Gasteiger charge is 2.35. The molecular weight excluding hydrogens is 481 g/mol. The van der Waals surface area contributed by atoms with Gasteiger partial charge in [-0.1, -0.05) is 12.1 Å². The molecule has 0 spiro atoms. The van der Waals surface area contributed by atoms with Gasteiger partial charge in [0.25, 0.3) is 5.91 Å². The molecule has 0 fully saturated rings. The highest BCUT2D eigenvalue weighted by atomic mass is 19.4. The minimum atomic E-state index is -4.48. The molecule has 1 atom stereocenters. The van der Waals surface area contributed by atoms with Crippen molar-refractivity contribution in [3.05, 3.63) is 82.8 Å². The number of nitriles is 1. The summed E-state index contributed by atoms with van der Waals surface area (Å²) in [4.78, 5) is 17.1. The molecule has 2 heterocycles. The second-order valence-corrected chi connectivity index (χ2v) is 9.26. The number of hydrogen-bond acceptors (Lipinski definition) is 5. The number of carbonyl (C=O) groups excluding carboxylic acids is 1. The molecule has 2 aromatic carbocycles. The van der Waals surface area contributed by atoms with Gasteiger partial charge >= 0.3 is 6.18 Å². The van der Waals surface area contributed by atoms with Crippen LogP contribution in [0.2, 0.25) is 0 Å². The molecule has 0 saturated carbocycles. The van der Waals surface area contributed by atoms with Crippen molar-refractivity contribution < 1.29 is 18.0 Å². The van der Waals surface area contributed by atoms with Crippen molar-refractivity contribution in [3.63, 3.8) is 0 Å². The maximum absolute atomic E-state index is 13.6. The minimum Gasteiger partial charge on any atom is -0.358 e. The lowest BCUT2D eigenvalue weighted by molar-refractivity contribution is -0.137. The number of aryl methyl sites for hydroxylation is 1. The third-order valence-corrected chi connectivity index (χ3v) is 6.37. The average Bonchev–Trinajstić information content (AvgIpc) is 3.29. The van der Waals surface area contributed by atoms with Gasteiger partial charge in [0.05, 0.1) is 35.0 Å². The number of halogens is 3. The van der Waals surface area contributed by atoms with Crippen LogP contribution < -0.4 is 5.32 Å². The van der Waals surface area contributed by atoms with E-state index in [-0.39, 0.29) is 11.6 Å². The molecule has 7 nitrogen and oxygen atoms in total. The first kappa shape index (κ1) is 26.0. The fourth-order valence-corrected chi connectivity index (χ4v) is 4.58. The van der Waals surface area contributed by atoms with Crippen molar-refractivity contribution in [2.45, 2.75) is 18.6 Å². The molecule has 4 rings (SSSR count). The number of nitrogens with zero attached hydrogens (tertiary/aromatic N) is 5. The molecule has 1 N–H and O–H groups in total. The molecule has 3 aromatic rings. The van der Waals surface area contributed by atoms with Crippen LogP contribution in [0.1, 0.15) is 29.2 Å². The number of anilines is 1. The zero-order valence-electron chi connectivity index (χ0n) is 21.0. The molecule has 0 saturated heterocycles. The van der Waals surface area contributed by atoms with Crippen molar-refractivity contribution in [3.8, 4) is 17.2 Å². The smallest absolute Gasteiger partial charge is 0.358 e. The third-order valence-electron chi connectivity index (χ3n) is 6.37. The molecule has 37 heavy (non-hydrogen) atoms. The van der Waals surface area contributed by atoms with Crippen LogP contribution in [0.5, 0.6) is 0 Å². The summed E-state index contributed by atoms with van der Waals surface area (Å²) in [5.41, 5.74) is 3.25. The van der Waals surface area contributed by atoms with E-state index in [0.29, 0.717) is 29.8 Å². The number of benzene rings is 2. The van der Waals surface area contributed by atoms with Crippen molar-refractivity contribution >= 4 is 11.6 Å². The standard InChI is InChI=1S/C27H27F3N6O/c1-34(2)25(21-9-8-17(14-31)12-22(21)18-15-32-36(4)16-18)24-23(10-11-35(3)26(24)37)33-20-7-5-6-19(13-20)27(28,29)30/h5-9,12-13,15-16,25,33H,10-11H2,1-4H3. The fourth-order valence-electron chi connectivity index (χ4n) is 4.58. The largest absolute Gasteiger partial charge is 0.416 e. The highest BCUT2D eigenvalue weighted by Crippen LogP contribution is 2.39. The Kier molecular flexibility index (Phi) is 7.09. The van der Waals surface area contributed by atoms with E-state index >= 15 is 0 Å². The number of carbonyl (C=O) groups is 1. The zero-order chi connectivity index (χ0) is 26.9. The summed E-state index contributed by atoms with van der Waals surface area (Å²) in [7, 11) is 7.18. The Bertz CT molecular complexity index is 1400. The molecule has 0 aliphatic carbocycles. The van der Waals surface area contributed by atoms with Gasteiger partial charge in [-0.3, -0.25) is 14.4 Å². The van der Waals surface area contributed by atoms with E-state index in [1.807, 2.05) is 31.3 Å². The van der Waals surface area contributed by atoms with Gasteiger partial charge in [-0.2, -0.15) is 23.5 Å². The lowest BCUT2D eigenvalue weighted by atomic mass is 9.86. The lowest BCUT2D eigenvalue weighted by Crippen LogP contribution is -2.40. The Labute approximate surface area is 213 Å². The second-order valence-electron chi connectivity index (χ2n) is 9.26.